The highest BCUT2D eigenvalue weighted by molar-refractivity contribution is 7.91. The average molecular weight is 359 g/mol. The first-order valence-corrected chi connectivity index (χ1v) is 10.3. The molecule has 1 saturated heterocycles. The maximum absolute atomic E-state index is 12.9. The number of sulfonamides is 1. The standard InChI is InChI=1S/C16H29N3O4S/c1-4-6-14(20)19-10-9-18(11-13(19)12(2)3)15(21)16(7-5-8-16)24(17,22)23/h12-13H,4-11H2,1-3H3,(H2,17,22,23)/t13-/m1/s1. The van der Waals surface area contributed by atoms with Gasteiger partial charge in [-0.15, -0.1) is 0 Å². The van der Waals surface area contributed by atoms with Gasteiger partial charge in [0.1, 0.15) is 0 Å². The largest absolute Gasteiger partial charge is 0.337 e. The first-order valence-electron chi connectivity index (χ1n) is 8.75. The van der Waals surface area contributed by atoms with E-state index < -0.39 is 14.8 Å². The summed E-state index contributed by atoms with van der Waals surface area (Å²) in [6.45, 7) is 7.20. The van der Waals surface area contributed by atoms with Gasteiger partial charge in [0.15, 0.2) is 4.75 Å². The van der Waals surface area contributed by atoms with Crippen LogP contribution in [-0.2, 0) is 19.6 Å². The van der Waals surface area contributed by atoms with Crippen molar-refractivity contribution in [3.8, 4) is 0 Å². The van der Waals surface area contributed by atoms with Crippen LogP contribution in [0, 0.1) is 5.92 Å². The van der Waals surface area contributed by atoms with Gasteiger partial charge in [0, 0.05) is 26.1 Å². The van der Waals surface area contributed by atoms with E-state index in [0.29, 0.717) is 45.3 Å². The Labute approximate surface area is 144 Å². The van der Waals surface area contributed by atoms with Gasteiger partial charge >= 0.3 is 0 Å². The van der Waals surface area contributed by atoms with Crippen molar-refractivity contribution in [3.63, 3.8) is 0 Å². The van der Waals surface area contributed by atoms with Crippen molar-refractivity contribution >= 4 is 21.8 Å². The van der Waals surface area contributed by atoms with E-state index in [9.17, 15) is 18.0 Å². The molecule has 2 N–H and O–H groups in total. The summed E-state index contributed by atoms with van der Waals surface area (Å²) in [6, 6.07) is -0.0839. The Balaban J connectivity index is 2.17. The van der Waals surface area contributed by atoms with Crippen LogP contribution in [0.4, 0.5) is 0 Å². The number of piperazine rings is 1. The second-order valence-electron chi connectivity index (χ2n) is 7.29. The lowest BCUT2D eigenvalue weighted by Gasteiger charge is -2.47. The van der Waals surface area contributed by atoms with Crippen molar-refractivity contribution in [2.24, 2.45) is 11.1 Å². The first-order chi connectivity index (χ1) is 11.1. The highest BCUT2D eigenvalue weighted by Gasteiger charge is 2.56. The predicted molar refractivity (Wildman–Crippen MR) is 91.5 cm³/mol. The van der Waals surface area contributed by atoms with Gasteiger partial charge in [-0.1, -0.05) is 20.8 Å². The van der Waals surface area contributed by atoms with E-state index in [4.69, 9.17) is 5.14 Å². The van der Waals surface area contributed by atoms with Crippen molar-refractivity contribution in [1.82, 2.24) is 9.80 Å². The third kappa shape index (κ3) is 3.31. The van der Waals surface area contributed by atoms with Crippen LogP contribution in [0.5, 0.6) is 0 Å². The maximum atomic E-state index is 12.9. The van der Waals surface area contributed by atoms with Gasteiger partial charge in [-0.3, -0.25) is 9.59 Å². The van der Waals surface area contributed by atoms with Crippen molar-refractivity contribution in [1.29, 1.82) is 0 Å². The molecule has 0 radical (unpaired) electrons. The van der Waals surface area contributed by atoms with Gasteiger partial charge in [0.2, 0.25) is 21.8 Å². The van der Waals surface area contributed by atoms with Crippen molar-refractivity contribution < 1.29 is 18.0 Å². The molecule has 1 heterocycles. The zero-order chi connectivity index (χ0) is 18.1. The van der Waals surface area contributed by atoms with Crippen molar-refractivity contribution in [2.75, 3.05) is 19.6 Å². The fraction of sp³-hybridized carbons (Fsp3) is 0.875. The lowest BCUT2D eigenvalue weighted by Crippen LogP contribution is -2.65. The Kier molecular flexibility index (Phi) is 5.59. The Bertz CT molecular complexity index is 598. The fourth-order valence-electron chi connectivity index (χ4n) is 3.64. The number of nitrogens with zero attached hydrogens (tertiary/aromatic N) is 2. The summed E-state index contributed by atoms with van der Waals surface area (Å²) in [7, 11) is -3.92. The molecule has 1 aliphatic carbocycles. The minimum Gasteiger partial charge on any atom is -0.337 e. The Hall–Kier alpha value is -1.15. The number of hydrogen-bond donors (Lipinski definition) is 1. The molecular weight excluding hydrogens is 330 g/mol. The summed E-state index contributed by atoms with van der Waals surface area (Å²) >= 11 is 0. The molecule has 2 amide bonds. The smallest absolute Gasteiger partial charge is 0.245 e. The zero-order valence-electron chi connectivity index (χ0n) is 14.8. The Morgan fingerprint density at radius 2 is 1.88 bits per heavy atom. The van der Waals surface area contributed by atoms with Gasteiger partial charge < -0.3 is 9.80 Å². The molecule has 2 rings (SSSR count). The zero-order valence-corrected chi connectivity index (χ0v) is 15.6. The molecule has 0 aromatic heterocycles. The van der Waals surface area contributed by atoms with Gasteiger partial charge in [0.25, 0.3) is 0 Å². The molecule has 138 valence electrons. The minimum absolute atomic E-state index is 0.0839. The lowest BCUT2D eigenvalue weighted by atomic mass is 9.82. The second kappa shape index (κ2) is 7.00. The molecule has 0 spiro atoms. The molecule has 1 atom stereocenters. The molecule has 0 aromatic rings. The predicted octanol–water partition coefficient (Wildman–Crippen LogP) is 0.693. The van der Waals surface area contributed by atoms with Crippen LogP contribution in [0.2, 0.25) is 0 Å². The molecule has 1 aliphatic heterocycles. The molecule has 0 aromatic carbocycles. The summed E-state index contributed by atoms with van der Waals surface area (Å²) in [5, 5.41) is 5.35. The summed E-state index contributed by atoms with van der Waals surface area (Å²) in [4.78, 5) is 28.7. The molecule has 0 bridgehead atoms. The van der Waals surface area contributed by atoms with E-state index in [2.05, 4.69) is 0 Å². The molecule has 24 heavy (non-hydrogen) atoms. The third-order valence-corrected chi connectivity index (χ3v) is 7.03. The van der Waals surface area contributed by atoms with Gasteiger partial charge in [-0.05, 0) is 31.6 Å². The SMILES string of the molecule is CCCC(=O)N1CCN(C(=O)C2(S(N)(=O)=O)CCC2)C[C@@H]1C(C)C. The van der Waals surface area contributed by atoms with E-state index in [1.165, 1.54) is 0 Å². The van der Waals surface area contributed by atoms with Crippen LogP contribution in [0.1, 0.15) is 52.9 Å². The van der Waals surface area contributed by atoms with Gasteiger partial charge in [-0.25, -0.2) is 13.6 Å². The Morgan fingerprint density at radius 3 is 2.29 bits per heavy atom. The topological polar surface area (TPSA) is 101 Å². The molecule has 1 saturated carbocycles. The number of hydrogen-bond acceptors (Lipinski definition) is 4. The number of primary sulfonamides is 1. The van der Waals surface area contributed by atoms with Gasteiger partial charge in [0.05, 0.1) is 6.04 Å². The summed E-state index contributed by atoms with van der Waals surface area (Å²) in [6.07, 6.45) is 2.58. The molecule has 2 fully saturated rings. The van der Waals surface area contributed by atoms with Crippen LogP contribution in [0.3, 0.4) is 0 Å². The molecular formula is C16H29N3O4S. The third-order valence-electron chi connectivity index (χ3n) is 5.36. The van der Waals surface area contributed by atoms with E-state index in [0.717, 1.165) is 6.42 Å². The normalized spacial score (nSPS) is 24.0. The molecule has 0 unspecified atom stereocenters. The van der Waals surface area contributed by atoms with Crippen molar-refractivity contribution in [3.05, 3.63) is 0 Å². The maximum Gasteiger partial charge on any atom is 0.245 e. The van der Waals surface area contributed by atoms with Crippen LogP contribution in [0.15, 0.2) is 0 Å². The summed E-state index contributed by atoms with van der Waals surface area (Å²) in [5.74, 6) is -0.0918. The van der Waals surface area contributed by atoms with E-state index >= 15 is 0 Å². The second-order valence-corrected chi connectivity index (χ2v) is 9.16. The van der Waals surface area contributed by atoms with E-state index in [-0.39, 0.29) is 23.8 Å². The summed E-state index contributed by atoms with van der Waals surface area (Å²) < 4.78 is 22.5. The highest BCUT2D eigenvalue weighted by atomic mass is 32.2. The number of nitrogens with two attached hydrogens (primary N) is 1. The van der Waals surface area contributed by atoms with Gasteiger partial charge in [-0.2, -0.15) is 0 Å². The van der Waals surface area contributed by atoms with E-state index in [1.807, 2.05) is 25.7 Å². The molecule has 2 aliphatic rings. The minimum atomic E-state index is -3.92. The van der Waals surface area contributed by atoms with Crippen LogP contribution in [-0.4, -0.2) is 60.5 Å². The Morgan fingerprint density at radius 1 is 1.25 bits per heavy atom. The van der Waals surface area contributed by atoms with Crippen LogP contribution in [0.25, 0.3) is 0 Å². The molecule has 8 heteroatoms. The fourth-order valence-corrected chi connectivity index (χ4v) is 4.87. The quantitative estimate of drug-likeness (QED) is 0.780. The number of carbonyl (C=O) groups is 2. The average Bonchev–Trinajstić information content (AvgIpc) is 2.43. The van der Waals surface area contributed by atoms with Crippen LogP contribution >= 0.6 is 0 Å². The molecule has 7 nitrogen and oxygen atoms in total. The number of carbonyl (C=O) groups excluding carboxylic acids is 2. The monoisotopic (exact) mass is 359 g/mol. The number of amides is 2. The highest BCUT2D eigenvalue weighted by Crippen LogP contribution is 2.40. The number of rotatable bonds is 5. The first kappa shape index (κ1) is 19.2. The van der Waals surface area contributed by atoms with Crippen LogP contribution < -0.4 is 5.14 Å². The lowest BCUT2D eigenvalue weighted by molar-refractivity contribution is -0.147. The van der Waals surface area contributed by atoms with E-state index in [1.54, 1.807) is 4.90 Å². The van der Waals surface area contributed by atoms with Crippen molar-refractivity contribution in [2.45, 2.75) is 63.7 Å². The summed E-state index contributed by atoms with van der Waals surface area (Å²) in [5.41, 5.74) is 0.